The quantitative estimate of drug-likeness (QED) is 0.761. The van der Waals surface area contributed by atoms with E-state index in [4.69, 9.17) is 5.26 Å². The van der Waals surface area contributed by atoms with E-state index in [1.807, 2.05) is 6.07 Å². The van der Waals surface area contributed by atoms with Crippen molar-refractivity contribution in [2.24, 2.45) is 0 Å². The molecule has 21 heavy (non-hydrogen) atoms. The van der Waals surface area contributed by atoms with Gasteiger partial charge in [0, 0.05) is 13.6 Å². The number of halogens is 1. The number of hydrogen-bond donors (Lipinski definition) is 0. The van der Waals surface area contributed by atoms with Crippen LogP contribution in [-0.2, 0) is 0 Å². The maximum atomic E-state index is 13.1. The maximum Gasteiger partial charge on any atom is 0.377 e. The molecule has 0 aliphatic rings. The first kappa shape index (κ1) is 14.4. The highest BCUT2D eigenvalue weighted by molar-refractivity contribution is 5.75. The Labute approximate surface area is 118 Å². The average Bonchev–Trinajstić information content (AvgIpc) is 2.85. The van der Waals surface area contributed by atoms with Crippen LogP contribution in [0.1, 0.15) is 6.42 Å². The number of nitriles is 1. The van der Waals surface area contributed by atoms with Crippen molar-refractivity contribution in [3.8, 4) is 11.8 Å². The van der Waals surface area contributed by atoms with Crippen LogP contribution in [0.4, 0.5) is 9.18 Å². The van der Waals surface area contributed by atoms with E-state index in [9.17, 15) is 14.0 Å². The van der Waals surface area contributed by atoms with Gasteiger partial charge in [-0.1, -0.05) is 6.07 Å². The summed E-state index contributed by atoms with van der Waals surface area (Å²) in [5.41, 5.74) is -0.645. The van der Waals surface area contributed by atoms with Crippen molar-refractivity contribution in [1.29, 1.82) is 5.26 Å². The topological polar surface area (TPSA) is 96.8 Å². The number of hydrogen-bond acceptors (Lipinski definition) is 5. The van der Waals surface area contributed by atoms with Gasteiger partial charge in [-0.25, -0.2) is 14.0 Å². The number of amides is 1. The highest BCUT2D eigenvalue weighted by Crippen LogP contribution is 2.05. The molecule has 0 saturated carbocycles. The zero-order chi connectivity index (χ0) is 15.4. The Morgan fingerprint density at radius 2 is 2.24 bits per heavy atom. The monoisotopic (exact) mass is 290 g/mol. The third kappa shape index (κ3) is 2.94. The van der Waals surface area contributed by atoms with E-state index in [0.29, 0.717) is 4.68 Å². The minimum atomic E-state index is -0.811. The van der Waals surface area contributed by atoms with Gasteiger partial charge in [-0.05, 0) is 28.6 Å². The van der Waals surface area contributed by atoms with Crippen LogP contribution in [0, 0.1) is 17.1 Å². The van der Waals surface area contributed by atoms with Gasteiger partial charge in [0.15, 0.2) is 0 Å². The molecule has 108 valence electrons. The Balaban J connectivity index is 2.31. The summed E-state index contributed by atoms with van der Waals surface area (Å²) in [6.45, 7) is 0.161. The number of tetrazole rings is 1. The van der Waals surface area contributed by atoms with Gasteiger partial charge < -0.3 is 4.90 Å². The lowest BCUT2D eigenvalue weighted by Gasteiger charge is -2.12. The molecule has 1 amide bonds. The SMILES string of the molecule is CN(CCC#N)C(=O)n1nnn(-c2cccc(F)c2)c1=O. The molecule has 0 saturated heterocycles. The maximum absolute atomic E-state index is 13.1. The average molecular weight is 290 g/mol. The zero-order valence-electron chi connectivity index (χ0n) is 11.1. The van der Waals surface area contributed by atoms with E-state index in [0.717, 1.165) is 10.7 Å². The predicted molar refractivity (Wildman–Crippen MR) is 69.2 cm³/mol. The van der Waals surface area contributed by atoms with Crippen molar-refractivity contribution in [3.05, 3.63) is 40.6 Å². The van der Waals surface area contributed by atoms with Crippen molar-refractivity contribution in [1.82, 2.24) is 24.7 Å². The fourth-order valence-electron chi connectivity index (χ4n) is 1.61. The molecule has 1 aromatic carbocycles. The van der Waals surface area contributed by atoms with Gasteiger partial charge in [-0.2, -0.15) is 9.94 Å². The Hall–Kier alpha value is -3.02. The molecule has 0 spiro atoms. The second-order valence-electron chi connectivity index (χ2n) is 4.18. The molecule has 2 rings (SSSR count). The van der Waals surface area contributed by atoms with Gasteiger partial charge in [-0.15, -0.1) is 4.68 Å². The zero-order valence-corrected chi connectivity index (χ0v) is 11.1. The Morgan fingerprint density at radius 3 is 2.90 bits per heavy atom. The van der Waals surface area contributed by atoms with Crippen molar-refractivity contribution < 1.29 is 9.18 Å². The van der Waals surface area contributed by atoms with Crippen LogP contribution in [-0.4, -0.2) is 44.3 Å². The molecule has 0 bridgehead atoms. The van der Waals surface area contributed by atoms with Crippen LogP contribution < -0.4 is 5.69 Å². The molecule has 2 aromatic rings. The van der Waals surface area contributed by atoms with Crippen LogP contribution in [0.15, 0.2) is 29.1 Å². The minimum Gasteiger partial charge on any atom is -0.325 e. The fraction of sp³-hybridized carbons (Fsp3) is 0.250. The molecule has 0 N–H and O–H groups in total. The van der Waals surface area contributed by atoms with E-state index in [1.165, 1.54) is 30.1 Å². The highest BCUT2D eigenvalue weighted by Gasteiger charge is 2.18. The van der Waals surface area contributed by atoms with Gasteiger partial charge in [-0.3, -0.25) is 0 Å². The summed E-state index contributed by atoms with van der Waals surface area (Å²) in [7, 11) is 1.44. The van der Waals surface area contributed by atoms with Crippen molar-refractivity contribution in [3.63, 3.8) is 0 Å². The molecule has 1 aromatic heterocycles. The molecule has 0 radical (unpaired) electrons. The minimum absolute atomic E-state index is 0.134. The third-order valence-electron chi connectivity index (χ3n) is 2.70. The third-order valence-corrected chi connectivity index (χ3v) is 2.70. The van der Waals surface area contributed by atoms with Crippen molar-refractivity contribution in [2.45, 2.75) is 6.42 Å². The first-order chi connectivity index (χ1) is 10.0. The van der Waals surface area contributed by atoms with E-state index >= 15 is 0 Å². The van der Waals surface area contributed by atoms with E-state index in [2.05, 4.69) is 10.4 Å². The van der Waals surface area contributed by atoms with E-state index in [1.54, 1.807) is 0 Å². The van der Waals surface area contributed by atoms with Gasteiger partial charge >= 0.3 is 11.7 Å². The molecule has 0 atom stereocenters. The number of rotatable bonds is 3. The molecule has 9 heteroatoms. The highest BCUT2D eigenvalue weighted by atomic mass is 19.1. The van der Waals surface area contributed by atoms with Crippen molar-refractivity contribution in [2.75, 3.05) is 13.6 Å². The molecule has 0 fully saturated rings. The largest absolute Gasteiger partial charge is 0.377 e. The van der Waals surface area contributed by atoms with Crippen molar-refractivity contribution >= 4 is 6.03 Å². The lowest BCUT2D eigenvalue weighted by molar-refractivity contribution is 0.206. The lowest BCUT2D eigenvalue weighted by Crippen LogP contribution is -2.39. The second-order valence-corrected chi connectivity index (χ2v) is 4.18. The Kier molecular flexibility index (Phi) is 4.08. The van der Waals surface area contributed by atoms with Crippen LogP contribution >= 0.6 is 0 Å². The molecule has 0 aliphatic carbocycles. The number of aromatic nitrogens is 4. The standard InChI is InChI=1S/C12H11FN6O2/c1-17(7-3-6-14)11(20)19-12(21)18(15-16-19)10-5-2-4-9(13)8-10/h2,4-5,8H,3,7H2,1H3. The number of carbonyl (C=O) groups excluding carboxylic acids is 1. The summed E-state index contributed by atoms with van der Waals surface area (Å²) in [6.07, 6.45) is 0.134. The lowest BCUT2D eigenvalue weighted by atomic mass is 10.3. The first-order valence-electron chi connectivity index (χ1n) is 5.98. The van der Waals surface area contributed by atoms with Gasteiger partial charge in [0.2, 0.25) is 0 Å². The molecule has 1 heterocycles. The Morgan fingerprint density at radius 1 is 1.48 bits per heavy atom. The number of carbonyl (C=O) groups is 1. The van der Waals surface area contributed by atoms with Crippen LogP contribution in [0.3, 0.4) is 0 Å². The second kappa shape index (κ2) is 5.96. The molecule has 8 nitrogen and oxygen atoms in total. The molecule has 0 aliphatic heterocycles. The van der Waals surface area contributed by atoms with Crippen LogP contribution in [0.25, 0.3) is 5.69 Å². The summed E-state index contributed by atoms with van der Waals surface area (Å²) in [4.78, 5) is 25.2. The van der Waals surface area contributed by atoms with Gasteiger partial charge in [0.25, 0.3) is 0 Å². The first-order valence-corrected chi connectivity index (χ1v) is 5.98. The van der Waals surface area contributed by atoms with Crippen LogP contribution in [0.5, 0.6) is 0 Å². The summed E-state index contributed by atoms with van der Waals surface area (Å²) in [5.74, 6) is -0.536. The van der Waals surface area contributed by atoms with Gasteiger partial charge in [0.05, 0.1) is 18.2 Å². The number of nitrogens with zero attached hydrogens (tertiary/aromatic N) is 6. The Bertz CT molecular complexity index is 760. The summed E-state index contributed by atoms with van der Waals surface area (Å²) in [6, 6.07) is 6.39. The normalized spacial score (nSPS) is 10.1. The van der Waals surface area contributed by atoms with E-state index < -0.39 is 17.5 Å². The van der Waals surface area contributed by atoms with E-state index in [-0.39, 0.29) is 18.7 Å². The smallest absolute Gasteiger partial charge is 0.325 e. The molecule has 0 unspecified atom stereocenters. The molecular formula is C12H11FN6O2. The fourth-order valence-corrected chi connectivity index (χ4v) is 1.61. The van der Waals surface area contributed by atoms with Gasteiger partial charge in [0.1, 0.15) is 5.82 Å². The summed E-state index contributed by atoms with van der Waals surface area (Å²) < 4.78 is 14.5. The van der Waals surface area contributed by atoms with Crippen LogP contribution in [0.2, 0.25) is 0 Å². The summed E-state index contributed by atoms with van der Waals surface area (Å²) >= 11 is 0. The number of benzene rings is 1. The summed E-state index contributed by atoms with van der Waals surface area (Å²) in [5, 5.41) is 15.5. The molecular weight excluding hydrogens is 279 g/mol. The predicted octanol–water partition coefficient (Wildman–Crippen LogP) is 0.382.